The van der Waals surface area contributed by atoms with Crippen molar-refractivity contribution < 1.29 is 19.0 Å². The maximum absolute atomic E-state index is 12.2. The van der Waals surface area contributed by atoms with E-state index in [1.165, 1.54) is 14.2 Å². The SMILES string of the molecule is COc1cc(C(=O)NCCCOCc2ccccc2)cc(Cl)c1OC. The Morgan fingerprint density at radius 3 is 2.56 bits per heavy atom. The van der Waals surface area contributed by atoms with Crippen LogP contribution in [-0.2, 0) is 11.3 Å². The van der Waals surface area contributed by atoms with Crippen molar-refractivity contribution in [3.63, 3.8) is 0 Å². The molecule has 0 bridgehead atoms. The first-order chi connectivity index (χ1) is 12.2. The lowest BCUT2D eigenvalue weighted by Gasteiger charge is -2.12. The van der Waals surface area contributed by atoms with Crippen molar-refractivity contribution >= 4 is 17.5 Å². The highest BCUT2D eigenvalue weighted by molar-refractivity contribution is 6.32. The van der Waals surface area contributed by atoms with Gasteiger partial charge in [-0.2, -0.15) is 0 Å². The second-order valence-corrected chi connectivity index (χ2v) is 5.75. The van der Waals surface area contributed by atoms with E-state index in [4.69, 9.17) is 25.8 Å². The molecule has 0 saturated carbocycles. The van der Waals surface area contributed by atoms with E-state index < -0.39 is 0 Å². The molecule has 2 aromatic carbocycles. The Morgan fingerprint density at radius 1 is 1.12 bits per heavy atom. The zero-order valence-electron chi connectivity index (χ0n) is 14.4. The van der Waals surface area contributed by atoms with Gasteiger partial charge in [0.05, 0.1) is 25.8 Å². The molecular formula is C19H22ClNO4. The van der Waals surface area contributed by atoms with E-state index in [-0.39, 0.29) is 5.91 Å². The number of halogens is 1. The number of hydrogen-bond donors (Lipinski definition) is 1. The van der Waals surface area contributed by atoms with Crippen molar-refractivity contribution in [1.82, 2.24) is 5.32 Å². The summed E-state index contributed by atoms with van der Waals surface area (Å²) in [6.45, 7) is 1.65. The topological polar surface area (TPSA) is 56.8 Å². The molecule has 2 rings (SSSR count). The zero-order valence-corrected chi connectivity index (χ0v) is 15.1. The van der Waals surface area contributed by atoms with Crippen LogP contribution in [0.25, 0.3) is 0 Å². The van der Waals surface area contributed by atoms with Gasteiger partial charge in [0.1, 0.15) is 0 Å². The summed E-state index contributed by atoms with van der Waals surface area (Å²) in [5.74, 6) is 0.618. The van der Waals surface area contributed by atoms with Gasteiger partial charge in [0.25, 0.3) is 5.91 Å². The minimum Gasteiger partial charge on any atom is -0.493 e. The Bertz CT molecular complexity index is 691. The van der Waals surface area contributed by atoms with Gasteiger partial charge in [-0.1, -0.05) is 41.9 Å². The predicted octanol–water partition coefficient (Wildman–Crippen LogP) is 3.69. The molecule has 0 aliphatic carbocycles. The van der Waals surface area contributed by atoms with Crippen LogP contribution in [0.2, 0.25) is 5.02 Å². The molecule has 2 aromatic rings. The first kappa shape index (κ1) is 19.1. The van der Waals surface area contributed by atoms with Crippen LogP contribution in [0.1, 0.15) is 22.3 Å². The minimum atomic E-state index is -0.217. The Hall–Kier alpha value is -2.24. The van der Waals surface area contributed by atoms with Crippen molar-refractivity contribution in [2.45, 2.75) is 13.0 Å². The van der Waals surface area contributed by atoms with Crippen LogP contribution < -0.4 is 14.8 Å². The molecule has 5 nitrogen and oxygen atoms in total. The summed E-state index contributed by atoms with van der Waals surface area (Å²) in [4.78, 5) is 12.2. The molecule has 0 atom stereocenters. The van der Waals surface area contributed by atoms with E-state index >= 15 is 0 Å². The predicted molar refractivity (Wildman–Crippen MR) is 97.6 cm³/mol. The molecule has 1 amide bonds. The van der Waals surface area contributed by atoms with Crippen LogP contribution in [0.5, 0.6) is 11.5 Å². The second-order valence-electron chi connectivity index (χ2n) is 5.34. The van der Waals surface area contributed by atoms with E-state index in [1.54, 1.807) is 12.1 Å². The molecule has 0 aliphatic heterocycles. The third kappa shape index (κ3) is 5.66. The molecule has 0 fully saturated rings. The number of carbonyl (C=O) groups excluding carboxylic acids is 1. The lowest BCUT2D eigenvalue weighted by Crippen LogP contribution is -2.25. The number of rotatable bonds is 9. The first-order valence-electron chi connectivity index (χ1n) is 7.97. The Kier molecular flexibility index (Phi) is 7.57. The van der Waals surface area contributed by atoms with Crippen molar-refractivity contribution in [1.29, 1.82) is 0 Å². The average Bonchev–Trinajstić information content (AvgIpc) is 2.64. The molecule has 1 N–H and O–H groups in total. The summed E-state index contributed by atoms with van der Waals surface area (Å²) in [7, 11) is 3.00. The van der Waals surface area contributed by atoms with Gasteiger partial charge in [-0.15, -0.1) is 0 Å². The summed E-state index contributed by atoms with van der Waals surface area (Å²) >= 11 is 6.11. The van der Waals surface area contributed by atoms with Gasteiger partial charge in [-0.25, -0.2) is 0 Å². The fraction of sp³-hybridized carbons (Fsp3) is 0.316. The molecule has 0 saturated heterocycles. The molecule has 0 aliphatic rings. The Balaban J connectivity index is 1.76. The quantitative estimate of drug-likeness (QED) is 0.690. The van der Waals surface area contributed by atoms with Crippen molar-refractivity contribution in [2.24, 2.45) is 0 Å². The molecule has 0 spiro atoms. The van der Waals surface area contributed by atoms with Gasteiger partial charge in [0, 0.05) is 18.7 Å². The van der Waals surface area contributed by atoms with Gasteiger partial charge in [-0.05, 0) is 24.1 Å². The molecule has 0 radical (unpaired) electrons. The van der Waals surface area contributed by atoms with Crippen LogP contribution in [0.4, 0.5) is 0 Å². The summed E-state index contributed by atoms with van der Waals surface area (Å²) in [6, 6.07) is 13.1. The maximum atomic E-state index is 12.2. The molecule has 25 heavy (non-hydrogen) atoms. The van der Waals surface area contributed by atoms with E-state index in [9.17, 15) is 4.79 Å². The third-order valence-electron chi connectivity index (χ3n) is 3.56. The lowest BCUT2D eigenvalue weighted by molar-refractivity contribution is 0.0934. The lowest BCUT2D eigenvalue weighted by atomic mass is 10.2. The van der Waals surface area contributed by atoms with Crippen LogP contribution in [0.3, 0.4) is 0 Å². The maximum Gasteiger partial charge on any atom is 0.251 e. The largest absolute Gasteiger partial charge is 0.493 e. The van der Waals surface area contributed by atoms with Crippen LogP contribution >= 0.6 is 11.6 Å². The van der Waals surface area contributed by atoms with Crippen LogP contribution in [0.15, 0.2) is 42.5 Å². The van der Waals surface area contributed by atoms with Gasteiger partial charge in [-0.3, -0.25) is 4.79 Å². The number of hydrogen-bond acceptors (Lipinski definition) is 4. The van der Waals surface area contributed by atoms with E-state index in [2.05, 4.69) is 5.32 Å². The number of benzene rings is 2. The number of ether oxygens (including phenoxy) is 3. The molecule has 0 aromatic heterocycles. The number of nitrogens with one attached hydrogen (secondary N) is 1. The van der Waals surface area contributed by atoms with Gasteiger partial charge < -0.3 is 19.5 Å². The van der Waals surface area contributed by atoms with Gasteiger partial charge in [0.2, 0.25) is 0 Å². The minimum absolute atomic E-state index is 0.217. The van der Waals surface area contributed by atoms with Crippen LogP contribution in [-0.4, -0.2) is 33.3 Å². The molecular weight excluding hydrogens is 342 g/mol. The third-order valence-corrected chi connectivity index (χ3v) is 3.84. The van der Waals surface area contributed by atoms with Crippen LogP contribution in [0, 0.1) is 0 Å². The number of amides is 1. The average molecular weight is 364 g/mol. The van der Waals surface area contributed by atoms with E-state index in [0.717, 1.165) is 12.0 Å². The summed E-state index contributed by atoms with van der Waals surface area (Å²) in [5, 5.41) is 3.17. The zero-order chi connectivity index (χ0) is 18.1. The summed E-state index contributed by atoms with van der Waals surface area (Å²) in [5.41, 5.74) is 1.55. The monoisotopic (exact) mass is 363 g/mol. The molecule has 134 valence electrons. The fourth-order valence-electron chi connectivity index (χ4n) is 2.29. The van der Waals surface area contributed by atoms with Gasteiger partial charge >= 0.3 is 0 Å². The Labute approximate surface area is 152 Å². The molecule has 0 unspecified atom stereocenters. The molecule has 6 heteroatoms. The summed E-state index contributed by atoms with van der Waals surface area (Å²) < 4.78 is 15.9. The van der Waals surface area contributed by atoms with E-state index in [1.807, 2.05) is 30.3 Å². The highest BCUT2D eigenvalue weighted by atomic mass is 35.5. The number of methoxy groups -OCH3 is 2. The first-order valence-corrected chi connectivity index (χ1v) is 8.35. The normalized spacial score (nSPS) is 10.4. The standard InChI is InChI=1S/C19H22ClNO4/c1-23-17-12-15(11-16(20)18(17)24-2)19(22)21-9-6-10-25-13-14-7-4-3-5-8-14/h3-5,7-8,11-12H,6,9-10,13H2,1-2H3,(H,21,22). The Morgan fingerprint density at radius 2 is 1.88 bits per heavy atom. The number of carbonyl (C=O) groups is 1. The second kappa shape index (κ2) is 9.91. The van der Waals surface area contributed by atoms with Crippen molar-refractivity contribution in [3.8, 4) is 11.5 Å². The highest BCUT2D eigenvalue weighted by Crippen LogP contribution is 2.35. The van der Waals surface area contributed by atoms with Crippen molar-refractivity contribution in [3.05, 3.63) is 58.6 Å². The molecule has 0 heterocycles. The van der Waals surface area contributed by atoms with E-state index in [0.29, 0.717) is 41.8 Å². The smallest absolute Gasteiger partial charge is 0.251 e. The summed E-state index contributed by atoms with van der Waals surface area (Å²) in [6.07, 6.45) is 0.722. The fourth-order valence-corrected chi connectivity index (χ4v) is 2.58. The van der Waals surface area contributed by atoms with Crippen molar-refractivity contribution in [2.75, 3.05) is 27.4 Å². The van der Waals surface area contributed by atoms with Gasteiger partial charge in [0.15, 0.2) is 11.5 Å². The highest BCUT2D eigenvalue weighted by Gasteiger charge is 2.14.